The molecule has 2 atom stereocenters. The number of carbonyl (C=O) groups is 1. The van der Waals surface area contributed by atoms with E-state index in [0.29, 0.717) is 5.92 Å². The number of hydrogen-bond acceptors (Lipinski definition) is 5. The maximum atomic E-state index is 12.7. The molecule has 0 radical (unpaired) electrons. The third kappa shape index (κ3) is 4.41. The Bertz CT molecular complexity index is 741. The maximum Gasteiger partial charge on any atom is 0.243 e. The molecular weight excluding hydrogens is 344 g/mol. The number of aryl methyl sites for hydroxylation is 1. The summed E-state index contributed by atoms with van der Waals surface area (Å²) in [5, 5.41) is 4.01. The predicted octanol–water partition coefficient (Wildman–Crippen LogP) is 3.57. The van der Waals surface area contributed by atoms with Crippen molar-refractivity contribution < 1.29 is 4.79 Å². The number of amides is 1. The molecule has 0 saturated carbocycles. The Morgan fingerprint density at radius 1 is 1.31 bits per heavy atom. The minimum absolute atomic E-state index is 0.110. The normalized spacial score (nSPS) is 18.3. The van der Waals surface area contributed by atoms with Crippen molar-refractivity contribution in [1.82, 2.24) is 14.7 Å². The van der Waals surface area contributed by atoms with E-state index in [-0.39, 0.29) is 18.0 Å². The highest BCUT2D eigenvalue weighted by Gasteiger charge is 2.33. The van der Waals surface area contributed by atoms with Gasteiger partial charge in [0, 0.05) is 30.5 Å². The zero-order chi connectivity index (χ0) is 18.7. The molecule has 0 unspecified atom stereocenters. The van der Waals surface area contributed by atoms with E-state index in [9.17, 15) is 4.79 Å². The Hall–Kier alpha value is -1.95. The summed E-state index contributed by atoms with van der Waals surface area (Å²) in [5.41, 5.74) is 2.46. The highest BCUT2D eigenvalue weighted by Crippen LogP contribution is 2.28. The average molecular weight is 373 g/mol. The van der Waals surface area contributed by atoms with E-state index in [0.717, 1.165) is 36.8 Å². The van der Waals surface area contributed by atoms with E-state index >= 15 is 0 Å². The number of carbonyl (C=O) groups excluding carboxylic acids is 1. The molecular formula is C20H28N4OS. The summed E-state index contributed by atoms with van der Waals surface area (Å²) in [6.45, 7) is 9.26. The summed E-state index contributed by atoms with van der Waals surface area (Å²) in [4.78, 5) is 19.5. The number of anilines is 1. The van der Waals surface area contributed by atoms with Crippen molar-refractivity contribution in [1.29, 1.82) is 0 Å². The minimum atomic E-state index is -0.128. The fourth-order valence-electron chi connectivity index (χ4n) is 3.08. The van der Waals surface area contributed by atoms with Gasteiger partial charge in [-0.25, -0.2) is 4.98 Å². The zero-order valence-electron chi connectivity index (χ0n) is 16.0. The van der Waals surface area contributed by atoms with E-state index in [1.807, 2.05) is 0 Å². The summed E-state index contributed by atoms with van der Waals surface area (Å²) in [6.07, 6.45) is 2.62. The Morgan fingerprint density at radius 3 is 2.73 bits per heavy atom. The molecule has 1 saturated heterocycles. The van der Waals surface area contributed by atoms with Gasteiger partial charge in [0.2, 0.25) is 11.0 Å². The summed E-state index contributed by atoms with van der Waals surface area (Å²) < 4.78 is 4.52. The second-order valence-corrected chi connectivity index (χ2v) is 8.28. The standard InChI is InChI=1S/C20H28N4OS/c1-13(2)15(4)21-19(25)17-6-5-11-24(17)20-22-18(23-26-20)12-16-9-7-14(3)8-10-16/h7-10,13,15,17H,5-6,11-12H2,1-4H3,(H,21,25)/t15-,17-/m0/s1. The van der Waals surface area contributed by atoms with Crippen LogP contribution in [0.25, 0.3) is 0 Å². The SMILES string of the molecule is Cc1ccc(Cc2nsc(N3CCC[C@H]3C(=O)N[C@@H](C)C(C)C)n2)cc1. The highest BCUT2D eigenvalue weighted by atomic mass is 32.1. The van der Waals surface area contributed by atoms with Crippen LogP contribution in [0.15, 0.2) is 24.3 Å². The fourth-order valence-corrected chi connectivity index (χ4v) is 3.84. The van der Waals surface area contributed by atoms with E-state index in [1.54, 1.807) is 0 Å². The molecule has 0 bridgehead atoms. The van der Waals surface area contributed by atoms with Crippen LogP contribution < -0.4 is 10.2 Å². The van der Waals surface area contributed by atoms with Gasteiger partial charge < -0.3 is 10.2 Å². The Balaban J connectivity index is 1.67. The van der Waals surface area contributed by atoms with Crippen molar-refractivity contribution in [2.24, 2.45) is 5.92 Å². The van der Waals surface area contributed by atoms with Crippen molar-refractivity contribution in [2.75, 3.05) is 11.4 Å². The molecule has 26 heavy (non-hydrogen) atoms. The van der Waals surface area contributed by atoms with Crippen molar-refractivity contribution in [3.63, 3.8) is 0 Å². The van der Waals surface area contributed by atoms with Crippen LogP contribution >= 0.6 is 11.5 Å². The molecule has 3 rings (SSSR count). The first-order chi connectivity index (χ1) is 12.4. The van der Waals surface area contributed by atoms with Gasteiger partial charge in [0.15, 0.2) is 0 Å². The first-order valence-corrected chi connectivity index (χ1v) is 10.2. The molecule has 6 heteroatoms. The van der Waals surface area contributed by atoms with E-state index < -0.39 is 0 Å². The molecule has 2 aromatic rings. The van der Waals surface area contributed by atoms with Gasteiger partial charge in [-0.2, -0.15) is 4.37 Å². The van der Waals surface area contributed by atoms with Crippen LogP contribution in [0.5, 0.6) is 0 Å². The Labute approximate surface area is 160 Å². The van der Waals surface area contributed by atoms with Crippen LogP contribution in [-0.2, 0) is 11.2 Å². The largest absolute Gasteiger partial charge is 0.352 e. The predicted molar refractivity (Wildman–Crippen MR) is 107 cm³/mol. The molecule has 2 heterocycles. The van der Waals surface area contributed by atoms with Gasteiger partial charge in [-0.3, -0.25) is 4.79 Å². The Kier molecular flexibility index (Phi) is 5.91. The second-order valence-electron chi connectivity index (χ2n) is 7.55. The van der Waals surface area contributed by atoms with Gasteiger partial charge in [0.1, 0.15) is 11.9 Å². The van der Waals surface area contributed by atoms with Gasteiger partial charge >= 0.3 is 0 Å². The van der Waals surface area contributed by atoms with E-state index in [1.165, 1.54) is 22.7 Å². The molecule has 1 aromatic carbocycles. The van der Waals surface area contributed by atoms with Crippen molar-refractivity contribution >= 4 is 22.6 Å². The summed E-state index contributed by atoms with van der Waals surface area (Å²) in [6, 6.07) is 8.51. The molecule has 140 valence electrons. The lowest BCUT2D eigenvalue weighted by molar-refractivity contribution is -0.123. The molecule has 1 aliphatic rings. The van der Waals surface area contributed by atoms with Gasteiger partial charge in [-0.1, -0.05) is 43.7 Å². The van der Waals surface area contributed by atoms with Crippen LogP contribution in [0, 0.1) is 12.8 Å². The monoisotopic (exact) mass is 372 g/mol. The number of nitrogens with zero attached hydrogens (tertiary/aromatic N) is 3. The summed E-state index contributed by atoms with van der Waals surface area (Å²) in [5.74, 6) is 1.37. The average Bonchev–Trinajstić information content (AvgIpc) is 3.25. The van der Waals surface area contributed by atoms with Crippen molar-refractivity contribution in [3.8, 4) is 0 Å². The first-order valence-electron chi connectivity index (χ1n) is 9.39. The van der Waals surface area contributed by atoms with Crippen LogP contribution in [0.4, 0.5) is 5.13 Å². The third-order valence-corrected chi connectivity index (χ3v) is 5.90. The highest BCUT2D eigenvalue weighted by molar-refractivity contribution is 7.09. The van der Waals surface area contributed by atoms with Gasteiger partial charge in [-0.15, -0.1) is 0 Å². The molecule has 1 aliphatic heterocycles. The molecule has 1 amide bonds. The van der Waals surface area contributed by atoms with Crippen LogP contribution in [-0.4, -0.2) is 33.9 Å². The molecule has 0 aliphatic carbocycles. The lowest BCUT2D eigenvalue weighted by atomic mass is 10.1. The van der Waals surface area contributed by atoms with Crippen molar-refractivity contribution in [2.45, 2.75) is 59.0 Å². The number of hydrogen-bond donors (Lipinski definition) is 1. The van der Waals surface area contributed by atoms with E-state index in [2.05, 4.69) is 66.6 Å². The molecule has 1 N–H and O–H groups in total. The number of aromatic nitrogens is 2. The lowest BCUT2D eigenvalue weighted by Gasteiger charge is -2.25. The van der Waals surface area contributed by atoms with Gasteiger partial charge in [0.05, 0.1) is 0 Å². The summed E-state index contributed by atoms with van der Waals surface area (Å²) in [7, 11) is 0. The number of rotatable bonds is 6. The quantitative estimate of drug-likeness (QED) is 0.842. The summed E-state index contributed by atoms with van der Waals surface area (Å²) >= 11 is 1.40. The first kappa shape index (κ1) is 18.8. The van der Waals surface area contributed by atoms with Crippen LogP contribution in [0.3, 0.4) is 0 Å². The molecule has 0 spiro atoms. The minimum Gasteiger partial charge on any atom is -0.352 e. The molecule has 5 nitrogen and oxygen atoms in total. The van der Waals surface area contributed by atoms with Gasteiger partial charge in [-0.05, 0) is 38.2 Å². The zero-order valence-corrected chi connectivity index (χ0v) is 16.8. The number of benzene rings is 1. The molecule has 1 fully saturated rings. The maximum absolute atomic E-state index is 12.7. The topological polar surface area (TPSA) is 58.1 Å². The van der Waals surface area contributed by atoms with Gasteiger partial charge in [0.25, 0.3) is 0 Å². The van der Waals surface area contributed by atoms with E-state index in [4.69, 9.17) is 4.98 Å². The van der Waals surface area contributed by atoms with Crippen molar-refractivity contribution in [3.05, 3.63) is 41.2 Å². The number of nitrogens with one attached hydrogen (secondary N) is 1. The Morgan fingerprint density at radius 2 is 2.04 bits per heavy atom. The second kappa shape index (κ2) is 8.16. The van der Waals surface area contributed by atoms with Crippen LogP contribution in [0.1, 0.15) is 50.6 Å². The fraction of sp³-hybridized carbons (Fsp3) is 0.550. The third-order valence-electron chi connectivity index (χ3n) is 5.11. The molecule has 1 aromatic heterocycles. The smallest absolute Gasteiger partial charge is 0.243 e. The lowest BCUT2D eigenvalue weighted by Crippen LogP contribution is -2.47. The van der Waals surface area contributed by atoms with Crippen LogP contribution in [0.2, 0.25) is 0 Å².